The highest BCUT2D eigenvalue weighted by Gasteiger charge is 2.42. The molecule has 1 unspecified atom stereocenters. The number of benzene rings is 1. The van der Waals surface area contributed by atoms with Gasteiger partial charge in [0.25, 0.3) is 0 Å². The minimum Gasteiger partial charge on any atom is -0.378 e. The van der Waals surface area contributed by atoms with Gasteiger partial charge >= 0.3 is 0 Å². The number of likely N-dealkylation sites (tertiary alicyclic amines) is 1. The second kappa shape index (κ2) is 8.97. The Hall–Kier alpha value is -1.81. The Balaban J connectivity index is 1.20. The van der Waals surface area contributed by atoms with Gasteiger partial charge in [-0.1, -0.05) is 12.1 Å². The van der Waals surface area contributed by atoms with Crippen LogP contribution < -0.4 is 5.32 Å². The van der Waals surface area contributed by atoms with Crippen LogP contribution in [-0.4, -0.2) is 55.1 Å². The van der Waals surface area contributed by atoms with Crippen molar-refractivity contribution in [3.63, 3.8) is 0 Å². The Kier molecular flexibility index (Phi) is 6.10. The van der Waals surface area contributed by atoms with Gasteiger partial charge in [-0.25, -0.2) is 4.39 Å². The van der Waals surface area contributed by atoms with Crippen LogP contribution in [0.3, 0.4) is 0 Å². The highest BCUT2D eigenvalue weighted by Crippen LogP contribution is 2.36. The molecule has 166 valence electrons. The van der Waals surface area contributed by atoms with E-state index in [0.29, 0.717) is 35.9 Å². The van der Waals surface area contributed by atoms with Gasteiger partial charge in [0.05, 0.1) is 37.3 Å². The molecule has 3 aliphatic heterocycles. The topological polar surface area (TPSA) is 65.4 Å². The molecule has 3 saturated heterocycles. The summed E-state index contributed by atoms with van der Waals surface area (Å²) in [5.41, 5.74) is 1.59. The first-order valence-corrected chi connectivity index (χ1v) is 11.9. The molecule has 1 aromatic rings. The summed E-state index contributed by atoms with van der Waals surface area (Å²) in [6.45, 7) is 3.68. The molecule has 0 spiro atoms. The van der Waals surface area contributed by atoms with Gasteiger partial charge in [-0.05, 0) is 74.1 Å². The third-order valence-electron chi connectivity index (χ3n) is 7.94. The molecular weight excluding hydrogens is 393 g/mol. The Morgan fingerprint density at radius 1 is 1.32 bits per heavy atom. The molecule has 31 heavy (non-hydrogen) atoms. The summed E-state index contributed by atoms with van der Waals surface area (Å²) < 4.78 is 20.3. The van der Waals surface area contributed by atoms with E-state index in [4.69, 9.17) is 4.74 Å². The van der Waals surface area contributed by atoms with Crippen molar-refractivity contribution in [2.75, 3.05) is 26.3 Å². The molecule has 2 bridgehead atoms. The van der Waals surface area contributed by atoms with E-state index in [1.165, 1.54) is 0 Å². The summed E-state index contributed by atoms with van der Waals surface area (Å²) in [7, 11) is 0. The number of rotatable bonds is 7. The summed E-state index contributed by atoms with van der Waals surface area (Å²) in [6, 6.07) is 8.66. The fourth-order valence-corrected chi connectivity index (χ4v) is 6.04. The van der Waals surface area contributed by atoms with Crippen molar-refractivity contribution in [3.05, 3.63) is 35.1 Å². The van der Waals surface area contributed by atoms with E-state index in [2.05, 4.69) is 16.3 Å². The molecule has 5 nitrogen and oxygen atoms in total. The number of hydrogen-bond acceptors (Lipinski definition) is 5. The van der Waals surface area contributed by atoms with E-state index in [1.807, 2.05) is 12.1 Å². The second-order valence-electron chi connectivity index (χ2n) is 9.99. The molecule has 0 aromatic heterocycles. The average molecular weight is 426 g/mol. The van der Waals surface area contributed by atoms with Crippen molar-refractivity contribution in [2.45, 2.75) is 69.0 Å². The van der Waals surface area contributed by atoms with Crippen LogP contribution in [0.2, 0.25) is 0 Å². The van der Waals surface area contributed by atoms with Crippen LogP contribution in [0.25, 0.3) is 0 Å². The molecule has 4 fully saturated rings. The number of ether oxygens (including phenoxy) is 1. The maximum absolute atomic E-state index is 15.0. The zero-order valence-electron chi connectivity index (χ0n) is 18.1. The van der Waals surface area contributed by atoms with E-state index in [-0.39, 0.29) is 24.1 Å². The maximum Gasteiger partial charge on any atom is 0.151 e. The molecule has 4 aliphatic rings. The normalized spacial score (nSPS) is 31.9. The number of halogens is 1. The number of nitrogens with one attached hydrogen (secondary N) is 1. The number of nitriles is 1. The maximum atomic E-state index is 15.0. The monoisotopic (exact) mass is 425 g/mol. The number of fused-ring (bicyclic) bond motifs is 2. The first-order chi connectivity index (χ1) is 15.1. The van der Waals surface area contributed by atoms with E-state index < -0.39 is 5.92 Å². The van der Waals surface area contributed by atoms with Gasteiger partial charge < -0.3 is 10.1 Å². The van der Waals surface area contributed by atoms with E-state index in [1.54, 1.807) is 6.07 Å². The third kappa shape index (κ3) is 4.41. The number of carbonyl (C=O) groups is 1. The first-order valence-electron chi connectivity index (χ1n) is 11.9. The van der Waals surface area contributed by atoms with E-state index in [9.17, 15) is 14.4 Å². The number of piperidine rings is 2. The number of carbonyl (C=O) groups excluding carboxylic acids is 1. The van der Waals surface area contributed by atoms with E-state index >= 15 is 0 Å². The van der Waals surface area contributed by atoms with Gasteiger partial charge in [0, 0.05) is 19.0 Å². The molecule has 1 aromatic carbocycles. The molecule has 1 aliphatic carbocycles. The van der Waals surface area contributed by atoms with Crippen molar-refractivity contribution < 1.29 is 13.9 Å². The zero-order valence-corrected chi connectivity index (χ0v) is 18.1. The number of nitrogens with zero attached hydrogens (tertiary/aromatic N) is 2. The average Bonchev–Trinajstić information content (AvgIpc) is 3.37. The molecule has 0 amide bonds. The molecule has 5 atom stereocenters. The lowest BCUT2D eigenvalue weighted by molar-refractivity contribution is -0.122. The summed E-state index contributed by atoms with van der Waals surface area (Å²) in [5.74, 6) is 0.174. The van der Waals surface area contributed by atoms with Gasteiger partial charge in [0.15, 0.2) is 5.78 Å². The standard InChI is InChI=1S/C25H32FN3O2/c26-23-11-17(20-2-1-7-29(13-20)22-14-31-15-22)3-4-18(23)8-16(12-27)9-24(30)25-19-5-6-21(10-19)28-25/h3-4,11,16,19-22,25,28H,1-2,5-10,13-15H2/t16-,19+,20?,21-,25+/m1/s1. The molecule has 0 radical (unpaired) electrons. The Morgan fingerprint density at radius 2 is 2.19 bits per heavy atom. The first kappa shape index (κ1) is 21.1. The van der Waals surface area contributed by atoms with Gasteiger partial charge in [-0.2, -0.15) is 5.26 Å². The van der Waals surface area contributed by atoms with Crippen molar-refractivity contribution in [1.82, 2.24) is 10.2 Å². The summed E-state index contributed by atoms with van der Waals surface area (Å²) in [5, 5.41) is 13.0. The minimum absolute atomic E-state index is 0.0999. The fourth-order valence-electron chi connectivity index (χ4n) is 6.04. The number of hydrogen-bond donors (Lipinski definition) is 1. The van der Waals surface area contributed by atoms with Gasteiger partial charge in [0.2, 0.25) is 0 Å². The minimum atomic E-state index is -0.474. The zero-order chi connectivity index (χ0) is 21.4. The van der Waals surface area contributed by atoms with Crippen LogP contribution in [0.1, 0.15) is 55.6 Å². The highest BCUT2D eigenvalue weighted by molar-refractivity contribution is 5.85. The van der Waals surface area contributed by atoms with Gasteiger partial charge in [-0.15, -0.1) is 0 Å². The lowest BCUT2D eigenvalue weighted by atomic mass is 9.86. The molecule has 6 heteroatoms. The smallest absolute Gasteiger partial charge is 0.151 e. The lowest BCUT2D eigenvalue weighted by Crippen LogP contribution is -2.52. The van der Waals surface area contributed by atoms with E-state index in [0.717, 1.165) is 64.0 Å². The summed E-state index contributed by atoms with van der Waals surface area (Å²) >= 11 is 0. The third-order valence-corrected chi connectivity index (χ3v) is 7.94. The quantitative estimate of drug-likeness (QED) is 0.727. The van der Waals surface area contributed by atoms with Crippen LogP contribution in [0.15, 0.2) is 18.2 Å². The molecule has 5 rings (SSSR count). The van der Waals surface area contributed by atoms with Crippen LogP contribution in [-0.2, 0) is 16.0 Å². The molecule has 1 N–H and O–H groups in total. The fraction of sp³-hybridized carbons (Fsp3) is 0.680. The van der Waals surface area contributed by atoms with Crippen LogP contribution in [0.4, 0.5) is 4.39 Å². The SMILES string of the molecule is N#C[C@@H](CC(=O)[C@H]1N[C@@H]2CC[C@H]1C2)Cc1ccc(C2CCCN(C3COC3)C2)cc1F. The largest absolute Gasteiger partial charge is 0.378 e. The number of ketones is 1. The summed E-state index contributed by atoms with van der Waals surface area (Å²) in [6.07, 6.45) is 6.05. The van der Waals surface area contributed by atoms with Crippen molar-refractivity contribution in [3.8, 4) is 6.07 Å². The Labute approximate surface area is 183 Å². The van der Waals surface area contributed by atoms with Crippen LogP contribution >= 0.6 is 0 Å². The molecular formula is C25H32FN3O2. The summed E-state index contributed by atoms with van der Waals surface area (Å²) in [4.78, 5) is 15.2. The van der Waals surface area contributed by atoms with Crippen LogP contribution in [0, 0.1) is 29.0 Å². The highest BCUT2D eigenvalue weighted by atomic mass is 19.1. The van der Waals surface area contributed by atoms with Gasteiger partial charge in [-0.3, -0.25) is 9.69 Å². The molecule has 3 heterocycles. The van der Waals surface area contributed by atoms with Gasteiger partial charge in [0.1, 0.15) is 5.82 Å². The van der Waals surface area contributed by atoms with Crippen molar-refractivity contribution in [2.24, 2.45) is 11.8 Å². The van der Waals surface area contributed by atoms with Crippen LogP contribution in [0.5, 0.6) is 0 Å². The van der Waals surface area contributed by atoms with Crippen molar-refractivity contribution >= 4 is 5.78 Å². The Morgan fingerprint density at radius 3 is 2.84 bits per heavy atom. The van der Waals surface area contributed by atoms with Crippen molar-refractivity contribution in [1.29, 1.82) is 5.26 Å². The predicted molar refractivity (Wildman–Crippen MR) is 115 cm³/mol. The Bertz CT molecular complexity index is 865. The predicted octanol–water partition coefficient (Wildman–Crippen LogP) is 3.19. The second-order valence-corrected chi connectivity index (χ2v) is 9.99. The lowest BCUT2D eigenvalue weighted by Gasteiger charge is -2.42. The molecule has 1 saturated carbocycles. The number of Topliss-reactive ketones (excluding diaryl/α,β-unsaturated/α-hetero) is 1.